The van der Waals surface area contributed by atoms with Crippen molar-refractivity contribution in [1.82, 2.24) is 4.31 Å². The molecule has 1 N–H and O–H groups in total. The van der Waals surface area contributed by atoms with Gasteiger partial charge in [0.2, 0.25) is 15.9 Å². The van der Waals surface area contributed by atoms with E-state index < -0.39 is 21.9 Å². The van der Waals surface area contributed by atoms with E-state index in [-0.39, 0.29) is 23.1 Å². The first kappa shape index (κ1) is 22.8. The number of rotatable bonds is 6. The van der Waals surface area contributed by atoms with Crippen molar-refractivity contribution >= 4 is 27.6 Å². The van der Waals surface area contributed by atoms with E-state index >= 15 is 0 Å². The zero-order chi connectivity index (χ0) is 22.6. The van der Waals surface area contributed by atoms with E-state index in [2.05, 4.69) is 10.1 Å². The topological polar surface area (TPSA) is 102 Å². The predicted molar refractivity (Wildman–Crippen MR) is 116 cm³/mol. The van der Waals surface area contributed by atoms with Crippen LogP contribution in [0.2, 0.25) is 0 Å². The molecule has 9 heteroatoms. The second-order valence-electron chi connectivity index (χ2n) is 7.41. The summed E-state index contributed by atoms with van der Waals surface area (Å²) in [4.78, 5) is 24.4. The van der Waals surface area contributed by atoms with Gasteiger partial charge < -0.3 is 14.8 Å². The van der Waals surface area contributed by atoms with Crippen LogP contribution in [-0.4, -0.2) is 51.9 Å². The number of methoxy groups -OCH3 is 2. The van der Waals surface area contributed by atoms with Crippen LogP contribution in [-0.2, 0) is 19.6 Å². The number of amides is 1. The van der Waals surface area contributed by atoms with Gasteiger partial charge in [0.15, 0.2) is 0 Å². The molecule has 1 unspecified atom stereocenters. The Balaban J connectivity index is 1.73. The van der Waals surface area contributed by atoms with Crippen LogP contribution in [0.3, 0.4) is 0 Å². The van der Waals surface area contributed by atoms with Crippen molar-refractivity contribution in [1.29, 1.82) is 0 Å². The summed E-state index contributed by atoms with van der Waals surface area (Å²) in [6.07, 6.45) is 1.16. The van der Waals surface area contributed by atoms with Crippen LogP contribution in [0.1, 0.15) is 28.8 Å². The number of anilines is 1. The van der Waals surface area contributed by atoms with Crippen LogP contribution in [0.4, 0.5) is 5.69 Å². The van der Waals surface area contributed by atoms with Gasteiger partial charge in [-0.1, -0.05) is 6.07 Å². The van der Waals surface area contributed by atoms with Crippen molar-refractivity contribution < 1.29 is 27.5 Å². The summed E-state index contributed by atoms with van der Waals surface area (Å²) < 4.78 is 37.7. The molecule has 0 radical (unpaired) electrons. The molecule has 3 rings (SSSR count). The SMILES string of the molecule is COC(=O)c1ccc(NC(=O)C2CCCN(S(=O)(=O)c3cc(C)ccc3OC)C2)cc1. The summed E-state index contributed by atoms with van der Waals surface area (Å²) in [6, 6.07) is 11.3. The lowest BCUT2D eigenvalue weighted by Gasteiger charge is -2.31. The Kier molecular flexibility index (Phi) is 6.97. The first-order valence-electron chi connectivity index (χ1n) is 9.90. The number of carbonyl (C=O) groups excluding carboxylic acids is 2. The number of hydrogen-bond donors (Lipinski definition) is 1. The average Bonchev–Trinajstić information content (AvgIpc) is 2.79. The Morgan fingerprint density at radius 1 is 1.10 bits per heavy atom. The second kappa shape index (κ2) is 9.49. The minimum absolute atomic E-state index is 0.0888. The fourth-order valence-corrected chi connectivity index (χ4v) is 5.32. The van der Waals surface area contributed by atoms with Crippen molar-refractivity contribution in [2.75, 3.05) is 32.6 Å². The molecular weight excluding hydrogens is 420 g/mol. The third-order valence-electron chi connectivity index (χ3n) is 5.27. The lowest BCUT2D eigenvalue weighted by Crippen LogP contribution is -2.43. The quantitative estimate of drug-likeness (QED) is 0.685. The maximum atomic E-state index is 13.2. The predicted octanol–water partition coefficient (Wildman–Crippen LogP) is 2.83. The largest absolute Gasteiger partial charge is 0.495 e. The van der Waals surface area contributed by atoms with Gasteiger partial charge in [-0.15, -0.1) is 0 Å². The number of hydrogen-bond acceptors (Lipinski definition) is 6. The summed E-state index contributed by atoms with van der Waals surface area (Å²) in [5.74, 6) is -0.929. The van der Waals surface area contributed by atoms with Crippen molar-refractivity contribution in [3.05, 3.63) is 53.6 Å². The number of esters is 1. The Hall–Kier alpha value is -2.91. The maximum Gasteiger partial charge on any atom is 0.337 e. The van der Waals surface area contributed by atoms with Gasteiger partial charge in [0.1, 0.15) is 10.6 Å². The number of aryl methyl sites for hydroxylation is 1. The average molecular weight is 447 g/mol. The summed E-state index contributed by atoms with van der Waals surface area (Å²) in [5, 5.41) is 2.80. The summed E-state index contributed by atoms with van der Waals surface area (Å²) >= 11 is 0. The minimum Gasteiger partial charge on any atom is -0.495 e. The molecule has 2 aromatic rings. The lowest BCUT2D eigenvalue weighted by molar-refractivity contribution is -0.120. The smallest absolute Gasteiger partial charge is 0.337 e. The van der Waals surface area contributed by atoms with Crippen LogP contribution in [0.5, 0.6) is 5.75 Å². The van der Waals surface area contributed by atoms with Crippen LogP contribution in [0.25, 0.3) is 0 Å². The Morgan fingerprint density at radius 3 is 2.45 bits per heavy atom. The maximum absolute atomic E-state index is 13.2. The molecule has 0 aliphatic carbocycles. The molecule has 8 nitrogen and oxygen atoms in total. The molecule has 1 heterocycles. The van der Waals surface area contributed by atoms with E-state index in [4.69, 9.17) is 4.74 Å². The van der Waals surface area contributed by atoms with Gasteiger partial charge in [-0.25, -0.2) is 13.2 Å². The highest BCUT2D eigenvalue weighted by molar-refractivity contribution is 7.89. The molecular formula is C22H26N2O6S. The molecule has 0 spiro atoms. The van der Waals surface area contributed by atoms with Crippen molar-refractivity contribution in [2.45, 2.75) is 24.7 Å². The van der Waals surface area contributed by atoms with Crippen molar-refractivity contribution in [3.8, 4) is 5.75 Å². The van der Waals surface area contributed by atoms with Gasteiger partial charge in [0.25, 0.3) is 0 Å². The molecule has 0 saturated carbocycles. The molecule has 31 heavy (non-hydrogen) atoms. The Labute approximate surface area is 182 Å². The van der Waals surface area contributed by atoms with Crippen LogP contribution in [0, 0.1) is 12.8 Å². The van der Waals surface area contributed by atoms with E-state index in [1.165, 1.54) is 18.5 Å². The number of ether oxygens (including phenoxy) is 2. The number of carbonyl (C=O) groups is 2. The standard InChI is InChI=1S/C22H26N2O6S/c1-15-6-11-19(29-2)20(13-15)31(27,28)24-12-4-5-17(14-24)21(25)23-18-9-7-16(8-10-18)22(26)30-3/h6-11,13,17H,4-5,12,14H2,1-3H3,(H,23,25). The molecule has 1 atom stereocenters. The third kappa shape index (κ3) is 5.05. The van der Waals surface area contributed by atoms with Crippen LogP contribution in [0.15, 0.2) is 47.4 Å². The van der Waals surface area contributed by atoms with Gasteiger partial charge in [-0.2, -0.15) is 4.31 Å². The summed E-state index contributed by atoms with van der Waals surface area (Å²) in [7, 11) is -1.08. The van der Waals surface area contributed by atoms with Gasteiger partial charge in [-0.05, 0) is 61.7 Å². The lowest BCUT2D eigenvalue weighted by atomic mass is 9.98. The third-order valence-corrected chi connectivity index (χ3v) is 7.15. The summed E-state index contributed by atoms with van der Waals surface area (Å²) in [6.45, 7) is 2.25. The summed E-state index contributed by atoms with van der Waals surface area (Å²) in [5.41, 5.74) is 1.71. The highest BCUT2D eigenvalue weighted by Crippen LogP contribution is 2.31. The Morgan fingerprint density at radius 2 is 1.81 bits per heavy atom. The normalized spacial score (nSPS) is 17.1. The molecule has 2 aromatic carbocycles. The fraction of sp³-hybridized carbons (Fsp3) is 0.364. The molecule has 1 aliphatic heterocycles. The molecule has 1 aliphatic rings. The van der Waals surface area contributed by atoms with E-state index in [1.807, 2.05) is 6.92 Å². The van der Waals surface area contributed by atoms with Crippen molar-refractivity contribution in [3.63, 3.8) is 0 Å². The van der Waals surface area contributed by atoms with Crippen molar-refractivity contribution in [2.24, 2.45) is 5.92 Å². The molecule has 0 aromatic heterocycles. The number of nitrogens with one attached hydrogen (secondary N) is 1. The molecule has 1 amide bonds. The number of nitrogens with zero attached hydrogens (tertiary/aromatic N) is 1. The fourth-order valence-electron chi connectivity index (χ4n) is 3.55. The van der Waals surface area contributed by atoms with Gasteiger partial charge in [0.05, 0.1) is 25.7 Å². The number of benzene rings is 2. The van der Waals surface area contributed by atoms with Gasteiger partial charge >= 0.3 is 5.97 Å². The van der Waals surface area contributed by atoms with Crippen LogP contribution < -0.4 is 10.1 Å². The highest BCUT2D eigenvalue weighted by Gasteiger charge is 2.35. The Bertz CT molecular complexity index is 1070. The zero-order valence-electron chi connectivity index (χ0n) is 17.8. The van der Waals surface area contributed by atoms with E-state index in [9.17, 15) is 18.0 Å². The van der Waals surface area contributed by atoms with Gasteiger partial charge in [0, 0.05) is 18.8 Å². The second-order valence-corrected chi connectivity index (χ2v) is 9.32. The molecule has 1 fully saturated rings. The molecule has 1 saturated heterocycles. The number of sulfonamides is 1. The van der Waals surface area contributed by atoms with E-state index in [1.54, 1.807) is 42.5 Å². The van der Waals surface area contributed by atoms with E-state index in [0.717, 1.165) is 5.56 Å². The number of piperidine rings is 1. The van der Waals surface area contributed by atoms with Crippen LogP contribution >= 0.6 is 0 Å². The molecule has 0 bridgehead atoms. The highest BCUT2D eigenvalue weighted by atomic mass is 32.2. The first-order valence-corrected chi connectivity index (χ1v) is 11.3. The van der Waals surface area contributed by atoms with Gasteiger partial charge in [-0.3, -0.25) is 4.79 Å². The van der Waals surface area contributed by atoms with E-state index in [0.29, 0.717) is 30.6 Å². The molecule has 166 valence electrons. The zero-order valence-corrected chi connectivity index (χ0v) is 18.6. The first-order chi connectivity index (χ1) is 14.8. The minimum atomic E-state index is -3.81. The monoisotopic (exact) mass is 446 g/mol.